The van der Waals surface area contributed by atoms with Crippen molar-refractivity contribution in [1.29, 1.82) is 0 Å². The highest BCUT2D eigenvalue weighted by atomic mass is 32.1. The number of carbonyl (C=O) groups excluding carboxylic acids is 2. The minimum absolute atomic E-state index is 0.0920. The van der Waals surface area contributed by atoms with Crippen LogP contribution in [0.15, 0.2) is 23.6 Å². The van der Waals surface area contributed by atoms with Crippen LogP contribution in [-0.4, -0.2) is 51.6 Å². The summed E-state index contributed by atoms with van der Waals surface area (Å²) in [6, 6.07) is 4.62. The molecule has 0 aliphatic heterocycles. The molecule has 0 aliphatic carbocycles. The molecule has 0 bridgehead atoms. The number of anilines is 1. The van der Waals surface area contributed by atoms with Crippen LogP contribution in [0.4, 0.5) is 5.82 Å². The van der Waals surface area contributed by atoms with E-state index in [0.717, 1.165) is 0 Å². The van der Waals surface area contributed by atoms with E-state index in [1.54, 1.807) is 17.5 Å². The molecular formula is C12H12N4O4S. The van der Waals surface area contributed by atoms with Crippen LogP contribution >= 0.6 is 11.3 Å². The number of carboxylic acids is 1. The summed E-state index contributed by atoms with van der Waals surface area (Å²) in [5.41, 5.74) is -0.131. The van der Waals surface area contributed by atoms with Gasteiger partial charge < -0.3 is 15.3 Å². The quantitative estimate of drug-likeness (QED) is 0.758. The fourth-order valence-corrected chi connectivity index (χ4v) is 2.27. The zero-order chi connectivity index (χ0) is 15.4. The van der Waals surface area contributed by atoms with Gasteiger partial charge in [0.05, 0.1) is 11.4 Å². The van der Waals surface area contributed by atoms with Crippen LogP contribution in [0.1, 0.15) is 20.2 Å². The highest BCUT2D eigenvalue weighted by molar-refractivity contribution is 7.12. The molecule has 21 heavy (non-hydrogen) atoms. The summed E-state index contributed by atoms with van der Waals surface area (Å²) in [5.74, 6) is -1.80. The highest BCUT2D eigenvalue weighted by Gasteiger charge is 2.16. The number of carboxylic acid groups (broad SMARTS) is 1. The number of aromatic amines is 1. The van der Waals surface area contributed by atoms with Crippen molar-refractivity contribution < 1.29 is 19.5 Å². The van der Waals surface area contributed by atoms with E-state index in [1.807, 2.05) is 0 Å². The van der Waals surface area contributed by atoms with E-state index in [-0.39, 0.29) is 24.0 Å². The molecule has 8 nitrogen and oxygen atoms in total. The van der Waals surface area contributed by atoms with E-state index in [4.69, 9.17) is 5.11 Å². The molecule has 9 heteroatoms. The molecule has 0 saturated heterocycles. The van der Waals surface area contributed by atoms with Crippen molar-refractivity contribution in [3.8, 4) is 0 Å². The van der Waals surface area contributed by atoms with Crippen LogP contribution in [0.25, 0.3) is 0 Å². The molecule has 0 aliphatic rings. The van der Waals surface area contributed by atoms with E-state index in [9.17, 15) is 14.4 Å². The summed E-state index contributed by atoms with van der Waals surface area (Å²) < 4.78 is 0. The predicted molar refractivity (Wildman–Crippen MR) is 75.5 cm³/mol. The van der Waals surface area contributed by atoms with Crippen LogP contribution in [0, 0.1) is 0 Å². The molecule has 0 radical (unpaired) electrons. The van der Waals surface area contributed by atoms with Crippen LogP contribution < -0.4 is 5.32 Å². The van der Waals surface area contributed by atoms with Gasteiger partial charge in [-0.3, -0.25) is 14.7 Å². The fraction of sp³-hybridized carbons (Fsp3) is 0.167. The number of rotatable bonds is 5. The van der Waals surface area contributed by atoms with Crippen molar-refractivity contribution in [1.82, 2.24) is 15.1 Å². The standard InChI is InChI=1S/C12H12N4O4S/c1-16(11(18)8-3-2-4-21-8)6-10(17)13-9-5-7(12(19)20)14-15-9/h2-5H,6H2,1H3,(H,19,20)(H2,13,14,15,17). The lowest BCUT2D eigenvalue weighted by Crippen LogP contribution is -2.34. The number of hydrogen-bond acceptors (Lipinski definition) is 5. The van der Waals surface area contributed by atoms with Crippen molar-refractivity contribution >= 4 is 34.9 Å². The van der Waals surface area contributed by atoms with Gasteiger partial charge >= 0.3 is 5.97 Å². The minimum atomic E-state index is -1.17. The van der Waals surface area contributed by atoms with Gasteiger partial charge in [0.1, 0.15) is 5.69 Å². The fourth-order valence-electron chi connectivity index (χ4n) is 1.55. The van der Waals surface area contributed by atoms with Crippen LogP contribution in [0.3, 0.4) is 0 Å². The lowest BCUT2D eigenvalue weighted by molar-refractivity contribution is -0.116. The molecular weight excluding hydrogens is 296 g/mol. The number of H-pyrrole nitrogens is 1. The summed E-state index contributed by atoms with van der Waals surface area (Å²) >= 11 is 1.29. The Hall–Kier alpha value is -2.68. The van der Waals surface area contributed by atoms with Gasteiger partial charge in [0, 0.05) is 13.1 Å². The monoisotopic (exact) mass is 308 g/mol. The van der Waals surface area contributed by atoms with Crippen LogP contribution in [-0.2, 0) is 4.79 Å². The zero-order valence-corrected chi connectivity index (χ0v) is 11.8. The van der Waals surface area contributed by atoms with Gasteiger partial charge in [0.2, 0.25) is 5.91 Å². The Kier molecular flexibility index (Phi) is 4.33. The zero-order valence-electron chi connectivity index (χ0n) is 11.0. The number of aromatic carboxylic acids is 1. The first-order chi connectivity index (χ1) is 9.97. The topological polar surface area (TPSA) is 115 Å². The van der Waals surface area contributed by atoms with E-state index >= 15 is 0 Å². The number of carbonyl (C=O) groups is 3. The van der Waals surface area contributed by atoms with Gasteiger partial charge in [-0.25, -0.2) is 4.79 Å². The van der Waals surface area contributed by atoms with Crippen molar-refractivity contribution in [3.63, 3.8) is 0 Å². The third-order valence-corrected chi connectivity index (χ3v) is 3.39. The summed E-state index contributed by atoms with van der Waals surface area (Å²) in [4.78, 5) is 36.2. The van der Waals surface area contributed by atoms with Gasteiger partial charge in [-0.15, -0.1) is 11.3 Å². The molecule has 110 valence electrons. The smallest absolute Gasteiger partial charge is 0.353 e. The molecule has 3 N–H and O–H groups in total. The molecule has 2 aromatic rings. The SMILES string of the molecule is CN(CC(=O)Nc1cc(C(=O)O)[nH]n1)C(=O)c1cccs1. The Bertz CT molecular complexity index is 665. The second-order valence-corrected chi connectivity index (χ2v) is 5.11. The summed E-state index contributed by atoms with van der Waals surface area (Å²) in [6.07, 6.45) is 0. The normalized spacial score (nSPS) is 10.1. The molecule has 2 aromatic heterocycles. The molecule has 2 amide bonds. The lowest BCUT2D eigenvalue weighted by atomic mass is 10.4. The molecule has 2 rings (SSSR count). The maximum Gasteiger partial charge on any atom is 0.353 e. The van der Waals surface area contributed by atoms with Gasteiger partial charge in [-0.2, -0.15) is 5.10 Å². The number of hydrogen-bond donors (Lipinski definition) is 3. The molecule has 0 aromatic carbocycles. The average Bonchev–Trinajstić information content (AvgIpc) is 3.08. The van der Waals surface area contributed by atoms with E-state index in [1.165, 1.54) is 29.4 Å². The predicted octanol–water partition coefficient (Wildman–Crippen LogP) is 0.880. The molecule has 0 fully saturated rings. The number of thiophene rings is 1. The third-order valence-electron chi connectivity index (χ3n) is 2.54. The summed E-state index contributed by atoms with van der Waals surface area (Å²) in [5, 5.41) is 18.8. The maximum absolute atomic E-state index is 11.9. The van der Waals surface area contributed by atoms with E-state index in [0.29, 0.717) is 4.88 Å². The summed E-state index contributed by atoms with van der Waals surface area (Å²) in [7, 11) is 1.51. The number of nitrogens with zero attached hydrogens (tertiary/aromatic N) is 2. The Morgan fingerprint density at radius 1 is 1.48 bits per heavy atom. The largest absolute Gasteiger partial charge is 0.477 e. The number of amides is 2. The second-order valence-electron chi connectivity index (χ2n) is 4.16. The maximum atomic E-state index is 11.9. The van der Waals surface area contributed by atoms with Crippen molar-refractivity contribution in [2.45, 2.75) is 0 Å². The van der Waals surface area contributed by atoms with Crippen LogP contribution in [0.5, 0.6) is 0 Å². The second kappa shape index (κ2) is 6.18. The number of nitrogens with one attached hydrogen (secondary N) is 2. The van der Waals surface area contributed by atoms with Crippen molar-refractivity contribution in [3.05, 3.63) is 34.2 Å². The van der Waals surface area contributed by atoms with Gasteiger partial charge in [-0.1, -0.05) is 6.07 Å². The number of aromatic nitrogens is 2. The molecule has 0 saturated carbocycles. The Labute approximate surface area is 123 Å². The first-order valence-electron chi connectivity index (χ1n) is 5.85. The molecule has 0 spiro atoms. The Morgan fingerprint density at radius 2 is 2.24 bits per heavy atom. The molecule has 2 heterocycles. The first kappa shape index (κ1) is 14.7. The van der Waals surface area contributed by atoms with Gasteiger partial charge in [0.15, 0.2) is 5.82 Å². The Balaban J connectivity index is 1.91. The van der Waals surface area contributed by atoms with Gasteiger partial charge in [-0.05, 0) is 11.4 Å². The molecule has 0 atom stereocenters. The van der Waals surface area contributed by atoms with Crippen molar-refractivity contribution in [2.24, 2.45) is 0 Å². The highest BCUT2D eigenvalue weighted by Crippen LogP contribution is 2.11. The summed E-state index contributed by atoms with van der Waals surface area (Å²) in [6.45, 7) is -0.161. The Morgan fingerprint density at radius 3 is 2.81 bits per heavy atom. The van der Waals surface area contributed by atoms with Gasteiger partial charge in [0.25, 0.3) is 5.91 Å². The third kappa shape index (κ3) is 3.66. The van der Waals surface area contributed by atoms with E-state index in [2.05, 4.69) is 15.5 Å². The first-order valence-corrected chi connectivity index (χ1v) is 6.73. The van der Waals surface area contributed by atoms with E-state index < -0.39 is 11.9 Å². The molecule has 0 unspecified atom stereocenters. The minimum Gasteiger partial charge on any atom is -0.477 e. The average molecular weight is 308 g/mol. The van der Waals surface area contributed by atoms with Crippen molar-refractivity contribution in [2.75, 3.05) is 18.9 Å². The number of likely N-dealkylation sites (N-methyl/N-ethyl adjacent to an activating group) is 1. The van der Waals surface area contributed by atoms with Crippen LogP contribution in [0.2, 0.25) is 0 Å². The lowest BCUT2D eigenvalue weighted by Gasteiger charge is -2.15.